The highest BCUT2D eigenvalue weighted by molar-refractivity contribution is 7.11. The van der Waals surface area contributed by atoms with Gasteiger partial charge in [-0.15, -0.1) is 11.3 Å². The number of urea groups is 1. The van der Waals surface area contributed by atoms with Crippen molar-refractivity contribution in [2.45, 2.75) is 25.9 Å². The fraction of sp³-hybridized carbons (Fsp3) is 0.333. The Hall–Kier alpha value is -2.42. The van der Waals surface area contributed by atoms with E-state index < -0.39 is 18.0 Å². The first-order valence-electron chi connectivity index (χ1n) is 6.20. The summed E-state index contributed by atoms with van der Waals surface area (Å²) in [4.78, 5) is 34.7. The van der Waals surface area contributed by atoms with Gasteiger partial charge in [0, 0.05) is 29.4 Å². The van der Waals surface area contributed by atoms with Crippen molar-refractivity contribution >= 4 is 23.3 Å². The normalized spacial score (nSPS) is 11.9. The summed E-state index contributed by atoms with van der Waals surface area (Å²) in [5, 5.41) is 14.9. The number of H-pyrrole nitrogens is 1. The van der Waals surface area contributed by atoms with Crippen molar-refractivity contribution in [3.63, 3.8) is 0 Å². The Bertz CT molecular complexity index is 610. The summed E-state index contributed by atoms with van der Waals surface area (Å²) >= 11 is 1.48. The maximum absolute atomic E-state index is 11.7. The van der Waals surface area contributed by atoms with Gasteiger partial charge in [-0.05, 0) is 6.92 Å². The van der Waals surface area contributed by atoms with E-state index in [0.29, 0.717) is 5.69 Å². The second-order valence-electron chi connectivity index (χ2n) is 4.36. The molecule has 4 N–H and O–H groups in total. The Labute approximate surface area is 124 Å². The van der Waals surface area contributed by atoms with Crippen molar-refractivity contribution in [3.8, 4) is 0 Å². The highest BCUT2D eigenvalue weighted by Gasteiger charge is 2.20. The quantitative estimate of drug-likeness (QED) is 0.625. The molecule has 0 bridgehead atoms. The van der Waals surface area contributed by atoms with E-state index in [1.807, 2.05) is 6.92 Å². The number of hydrogen-bond donors (Lipinski definition) is 4. The standard InChI is InChI=1S/C12H15N5O3S/c1-7-3-14-10(21-7)5-15-12(20)17-9(11(18)19)2-8-4-13-6-16-8/h3-4,6,9H,2,5H2,1H3,(H,13,16)(H,18,19)(H2,15,17,20)/t9-/m0/s1. The Morgan fingerprint density at radius 1 is 1.48 bits per heavy atom. The number of carboxylic acid groups (broad SMARTS) is 1. The zero-order chi connectivity index (χ0) is 15.2. The molecule has 112 valence electrons. The van der Waals surface area contributed by atoms with Crippen LogP contribution in [0, 0.1) is 6.92 Å². The summed E-state index contributed by atoms with van der Waals surface area (Å²) in [6.07, 6.45) is 4.84. The summed E-state index contributed by atoms with van der Waals surface area (Å²) in [6.45, 7) is 2.19. The minimum atomic E-state index is -1.11. The van der Waals surface area contributed by atoms with Crippen LogP contribution in [0.5, 0.6) is 0 Å². The van der Waals surface area contributed by atoms with Crippen molar-refractivity contribution in [3.05, 3.63) is 34.3 Å². The van der Waals surface area contributed by atoms with Crippen molar-refractivity contribution in [2.24, 2.45) is 0 Å². The monoisotopic (exact) mass is 309 g/mol. The number of thiazole rings is 1. The maximum atomic E-state index is 11.7. The van der Waals surface area contributed by atoms with Crippen LogP contribution in [0.15, 0.2) is 18.7 Å². The molecule has 2 aromatic rings. The predicted molar refractivity (Wildman–Crippen MR) is 75.9 cm³/mol. The summed E-state index contributed by atoms with van der Waals surface area (Å²) in [5.41, 5.74) is 0.637. The highest BCUT2D eigenvalue weighted by atomic mass is 32.1. The molecule has 8 nitrogen and oxygen atoms in total. The van der Waals surface area contributed by atoms with Gasteiger partial charge in [0.05, 0.1) is 12.9 Å². The van der Waals surface area contributed by atoms with Gasteiger partial charge < -0.3 is 20.7 Å². The van der Waals surface area contributed by atoms with E-state index in [4.69, 9.17) is 5.11 Å². The lowest BCUT2D eigenvalue weighted by Gasteiger charge is -2.14. The van der Waals surface area contributed by atoms with Crippen molar-refractivity contribution in [2.75, 3.05) is 0 Å². The van der Waals surface area contributed by atoms with Crippen molar-refractivity contribution in [1.82, 2.24) is 25.6 Å². The molecule has 2 heterocycles. The number of amides is 2. The third kappa shape index (κ3) is 4.56. The van der Waals surface area contributed by atoms with Crippen LogP contribution in [0.1, 0.15) is 15.6 Å². The van der Waals surface area contributed by atoms with Crippen LogP contribution >= 0.6 is 11.3 Å². The Morgan fingerprint density at radius 2 is 2.29 bits per heavy atom. The molecule has 1 atom stereocenters. The summed E-state index contributed by atoms with van der Waals surface area (Å²) in [6, 6.07) is -1.57. The topological polar surface area (TPSA) is 120 Å². The number of nitrogens with zero attached hydrogens (tertiary/aromatic N) is 2. The average Bonchev–Trinajstić information content (AvgIpc) is 3.07. The second kappa shape index (κ2) is 6.84. The number of carboxylic acids is 1. The number of aliphatic carboxylic acids is 1. The lowest BCUT2D eigenvalue weighted by atomic mass is 10.2. The van der Waals surface area contributed by atoms with Gasteiger partial charge in [0.1, 0.15) is 11.0 Å². The van der Waals surface area contributed by atoms with Gasteiger partial charge in [0.2, 0.25) is 0 Å². The summed E-state index contributed by atoms with van der Waals surface area (Å²) in [5.74, 6) is -1.11. The number of hydrogen-bond acceptors (Lipinski definition) is 5. The van der Waals surface area contributed by atoms with Crippen LogP contribution in [0.4, 0.5) is 4.79 Å². The largest absolute Gasteiger partial charge is 0.480 e. The Balaban J connectivity index is 1.84. The third-order valence-electron chi connectivity index (χ3n) is 2.65. The van der Waals surface area contributed by atoms with Crippen LogP contribution in [0.3, 0.4) is 0 Å². The minimum Gasteiger partial charge on any atom is -0.480 e. The number of imidazole rings is 1. The van der Waals surface area contributed by atoms with Gasteiger partial charge in [0.25, 0.3) is 0 Å². The number of nitrogens with one attached hydrogen (secondary N) is 3. The fourth-order valence-corrected chi connectivity index (χ4v) is 2.39. The lowest BCUT2D eigenvalue weighted by Crippen LogP contribution is -2.46. The number of aryl methyl sites for hydroxylation is 1. The number of carbonyl (C=O) groups is 2. The van der Waals surface area contributed by atoms with E-state index in [1.54, 1.807) is 6.20 Å². The van der Waals surface area contributed by atoms with E-state index in [-0.39, 0.29) is 13.0 Å². The smallest absolute Gasteiger partial charge is 0.326 e. The molecule has 0 aliphatic heterocycles. The molecule has 2 amide bonds. The van der Waals surface area contributed by atoms with Crippen LogP contribution in [0.25, 0.3) is 0 Å². The molecule has 0 aliphatic rings. The van der Waals surface area contributed by atoms with Gasteiger partial charge in [-0.25, -0.2) is 19.6 Å². The zero-order valence-corrected chi connectivity index (χ0v) is 12.1. The van der Waals surface area contributed by atoms with Gasteiger partial charge >= 0.3 is 12.0 Å². The Kier molecular flexibility index (Phi) is 4.88. The molecule has 0 aliphatic carbocycles. The molecule has 2 aromatic heterocycles. The first-order valence-corrected chi connectivity index (χ1v) is 7.02. The molecule has 0 spiro atoms. The first-order chi connectivity index (χ1) is 10.0. The van der Waals surface area contributed by atoms with Crippen LogP contribution < -0.4 is 10.6 Å². The van der Waals surface area contributed by atoms with Crippen LogP contribution in [-0.2, 0) is 17.8 Å². The van der Waals surface area contributed by atoms with E-state index in [2.05, 4.69) is 25.6 Å². The fourth-order valence-electron chi connectivity index (χ4n) is 1.66. The van der Waals surface area contributed by atoms with E-state index in [1.165, 1.54) is 23.9 Å². The number of rotatable bonds is 6. The number of carbonyl (C=O) groups excluding carboxylic acids is 1. The third-order valence-corrected chi connectivity index (χ3v) is 3.56. The van der Waals surface area contributed by atoms with Gasteiger partial charge in [0.15, 0.2) is 0 Å². The van der Waals surface area contributed by atoms with Crippen LogP contribution in [0.2, 0.25) is 0 Å². The maximum Gasteiger partial charge on any atom is 0.326 e. The second-order valence-corrected chi connectivity index (χ2v) is 5.68. The molecule has 0 aromatic carbocycles. The van der Waals surface area contributed by atoms with Crippen LogP contribution in [-0.4, -0.2) is 38.1 Å². The highest BCUT2D eigenvalue weighted by Crippen LogP contribution is 2.10. The summed E-state index contributed by atoms with van der Waals surface area (Å²) < 4.78 is 0. The molecular weight excluding hydrogens is 294 g/mol. The molecule has 0 unspecified atom stereocenters. The first kappa shape index (κ1) is 15.0. The lowest BCUT2D eigenvalue weighted by molar-refractivity contribution is -0.139. The molecule has 0 fully saturated rings. The number of aromatic nitrogens is 3. The number of aromatic amines is 1. The van der Waals surface area contributed by atoms with Crippen molar-refractivity contribution in [1.29, 1.82) is 0 Å². The molecule has 0 saturated heterocycles. The van der Waals surface area contributed by atoms with Crippen molar-refractivity contribution < 1.29 is 14.7 Å². The summed E-state index contributed by atoms with van der Waals surface area (Å²) in [7, 11) is 0. The van der Waals surface area contributed by atoms with Gasteiger partial charge in [-0.3, -0.25) is 0 Å². The van der Waals surface area contributed by atoms with E-state index in [0.717, 1.165) is 9.88 Å². The molecule has 0 saturated carbocycles. The zero-order valence-electron chi connectivity index (χ0n) is 11.3. The van der Waals surface area contributed by atoms with Gasteiger partial charge in [-0.2, -0.15) is 0 Å². The molecular formula is C12H15N5O3S. The van der Waals surface area contributed by atoms with Gasteiger partial charge in [-0.1, -0.05) is 0 Å². The molecule has 21 heavy (non-hydrogen) atoms. The predicted octanol–water partition coefficient (Wildman–Crippen LogP) is 0.670. The van der Waals surface area contributed by atoms with E-state index in [9.17, 15) is 9.59 Å². The molecule has 2 rings (SSSR count). The molecule has 0 radical (unpaired) electrons. The average molecular weight is 309 g/mol. The minimum absolute atomic E-state index is 0.138. The Morgan fingerprint density at radius 3 is 2.86 bits per heavy atom. The molecule has 9 heteroatoms. The SMILES string of the molecule is Cc1cnc(CNC(=O)N[C@@H](Cc2cnc[nH]2)C(=O)O)s1. The van der Waals surface area contributed by atoms with E-state index >= 15 is 0 Å².